The lowest BCUT2D eigenvalue weighted by molar-refractivity contribution is -0.121. The van der Waals surface area contributed by atoms with Gasteiger partial charge in [0.2, 0.25) is 5.91 Å². The fraction of sp³-hybridized carbons (Fsp3) is 0.632. The predicted molar refractivity (Wildman–Crippen MR) is 101 cm³/mol. The Hall–Kier alpha value is -1.26. The second kappa shape index (κ2) is 11.3. The number of hydrogen-bond donors (Lipinski definition) is 2. The zero-order valence-electron chi connectivity index (χ0n) is 14.9. The van der Waals surface area contributed by atoms with Crippen LogP contribution in [-0.4, -0.2) is 32.1 Å². The topological polar surface area (TPSA) is 50.4 Å². The summed E-state index contributed by atoms with van der Waals surface area (Å²) in [7, 11) is 0. The third-order valence-electron chi connectivity index (χ3n) is 4.57. The highest BCUT2D eigenvalue weighted by Gasteiger charge is 2.12. The van der Waals surface area contributed by atoms with E-state index in [1.807, 2.05) is 12.1 Å². The van der Waals surface area contributed by atoms with Gasteiger partial charge in [-0.3, -0.25) is 4.79 Å². The van der Waals surface area contributed by atoms with Crippen LogP contribution < -0.4 is 15.4 Å². The summed E-state index contributed by atoms with van der Waals surface area (Å²) in [6, 6.07) is 6.10. The van der Waals surface area contributed by atoms with Gasteiger partial charge in [-0.25, -0.2) is 0 Å². The molecular formula is C19H31ClN2O2. The molecule has 0 aromatic heterocycles. The SMILES string of the molecule is Cc1ccc(OCCCC(=O)NCCC2CCCNC2)cc1C.Cl. The van der Waals surface area contributed by atoms with Gasteiger partial charge in [-0.15, -0.1) is 12.4 Å². The van der Waals surface area contributed by atoms with Crippen LogP contribution in [0.15, 0.2) is 18.2 Å². The molecule has 4 nitrogen and oxygen atoms in total. The minimum Gasteiger partial charge on any atom is -0.494 e. The highest BCUT2D eigenvalue weighted by Crippen LogP contribution is 2.16. The zero-order valence-corrected chi connectivity index (χ0v) is 15.7. The van der Waals surface area contributed by atoms with Gasteiger partial charge in [0, 0.05) is 13.0 Å². The standard InChI is InChI=1S/C19H30N2O2.ClH/c1-15-7-8-18(13-16(15)2)23-12-4-6-19(22)21-11-9-17-5-3-10-20-14-17;/h7-8,13,17,20H,3-6,9-12,14H2,1-2H3,(H,21,22);1H. The van der Waals surface area contributed by atoms with E-state index in [9.17, 15) is 4.79 Å². The summed E-state index contributed by atoms with van der Waals surface area (Å²) in [5.41, 5.74) is 2.50. The fourth-order valence-electron chi connectivity index (χ4n) is 2.90. The molecule has 0 spiro atoms. The molecule has 1 heterocycles. The van der Waals surface area contributed by atoms with Crippen molar-refractivity contribution in [3.05, 3.63) is 29.3 Å². The first-order chi connectivity index (χ1) is 11.1. The number of nitrogens with one attached hydrogen (secondary N) is 2. The van der Waals surface area contributed by atoms with Crippen molar-refractivity contribution in [2.75, 3.05) is 26.2 Å². The van der Waals surface area contributed by atoms with Gasteiger partial charge in [-0.05, 0) is 81.8 Å². The van der Waals surface area contributed by atoms with Crippen LogP contribution in [-0.2, 0) is 4.79 Å². The summed E-state index contributed by atoms with van der Waals surface area (Å²) in [4.78, 5) is 11.8. The molecule has 0 aliphatic carbocycles. The lowest BCUT2D eigenvalue weighted by atomic mass is 9.96. The van der Waals surface area contributed by atoms with Crippen molar-refractivity contribution in [1.29, 1.82) is 0 Å². The average Bonchev–Trinajstić information content (AvgIpc) is 2.56. The Labute approximate surface area is 152 Å². The van der Waals surface area contributed by atoms with Crippen molar-refractivity contribution in [2.45, 2.75) is 46.0 Å². The van der Waals surface area contributed by atoms with Crippen molar-refractivity contribution in [1.82, 2.24) is 10.6 Å². The molecule has 1 aromatic rings. The number of hydrogen-bond acceptors (Lipinski definition) is 3. The maximum atomic E-state index is 11.8. The van der Waals surface area contributed by atoms with Crippen LogP contribution >= 0.6 is 12.4 Å². The Morgan fingerprint density at radius 2 is 2.17 bits per heavy atom. The molecule has 2 rings (SSSR count). The molecule has 1 atom stereocenters. The van der Waals surface area contributed by atoms with Crippen LogP contribution in [0.3, 0.4) is 0 Å². The average molecular weight is 355 g/mol. The third kappa shape index (κ3) is 7.54. The van der Waals surface area contributed by atoms with E-state index in [1.165, 1.54) is 24.0 Å². The fourth-order valence-corrected chi connectivity index (χ4v) is 2.90. The molecule has 1 aliphatic heterocycles. The van der Waals surface area contributed by atoms with Gasteiger partial charge in [-0.1, -0.05) is 6.07 Å². The van der Waals surface area contributed by atoms with E-state index < -0.39 is 0 Å². The first kappa shape index (κ1) is 20.8. The van der Waals surface area contributed by atoms with Crippen molar-refractivity contribution in [3.8, 4) is 5.75 Å². The Morgan fingerprint density at radius 1 is 1.33 bits per heavy atom. The molecule has 5 heteroatoms. The number of aryl methyl sites for hydroxylation is 2. The summed E-state index contributed by atoms with van der Waals surface area (Å²) in [6.07, 6.45) is 4.91. The molecule has 1 fully saturated rings. The third-order valence-corrected chi connectivity index (χ3v) is 4.57. The molecular weight excluding hydrogens is 324 g/mol. The molecule has 1 saturated heterocycles. The smallest absolute Gasteiger partial charge is 0.220 e. The normalized spacial score (nSPS) is 17.0. The van der Waals surface area contributed by atoms with Crippen LogP contribution in [0.25, 0.3) is 0 Å². The van der Waals surface area contributed by atoms with Gasteiger partial charge in [-0.2, -0.15) is 0 Å². The van der Waals surface area contributed by atoms with Crippen molar-refractivity contribution >= 4 is 18.3 Å². The second-order valence-corrected chi connectivity index (χ2v) is 6.55. The van der Waals surface area contributed by atoms with Gasteiger partial charge < -0.3 is 15.4 Å². The molecule has 136 valence electrons. The quantitative estimate of drug-likeness (QED) is 0.703. The van der Waals surface area contributed by atoms with Crippen LogP contribution in [0, 0.1) is 19.8 Å². The summed E-state index contributed by atoms with van der Waals surface area (Å²) in [6.45, 7) is 7.79. The maximum absolute atomic E-state index is 11.8. The monoisotopic (exact) mass is 354 g/mol. The molecule has 1 aliphatic rings. The van der Waals surface area contributed by atoms with Gasteiger partial charge in [0.05, 0.1) is 6.61 Å². The summed E-state index contributed by atoms with van der Waals surface area (Å²) in [5.74, 6) is 1.74. The van der Waals surface area contributed by atoms with E-state index in [4.69, 9.17) is 4.74 Å². The molecule has 1 aromatic carbocycles. The highest BCUT2D eigenvalue weighted by molar-refractivity contribution is 5.85. The lowest BCUT2D eigenvalue weighted by Crippen LogP contribution is -2.33. The van der Waals surface area contributed by atoms with Crippen LogP contribution in [0.4, 0.5) is 0 Å². The maximum Gasteiger partial charge on any atom is 0.220 e. The summed E-state index contributed by atoms with van der Waals surface area (Å²) < 4.78 is 5.70. The van der Waals surface area contributed by atoms with E-state index in [0.717, 1.165) is 44.1 Å². The minimum atomic E-state index is 0. The number of piperidine rings is 1. The molecule has 0 saturated carbocycles. The van der Waals surface area contributed by atoms with E-state index in [1.54, 1.807) is 0 Å². The Bertz CT molecular complexity index is 502. The number of amides is 1. The first-order valence-corrected chi connectivity index (χ1v) is 8.82. The number of carbonyl (C=O) groups excluding carboxylic acids is 1. The minimum absolute atomic E-state index is 0. The number of halogens is 1. The van der Waals surface area contributed by atoms with Crippen molar-refractivity contribution in [3.63, 3.8) is 0 Å². The number of rotatable bonds is 8. The second-order valence-electron chi connectivity index (χ2n) is 6.55. The zero-order chi connectivity index (χ0) is 16.5. The van der Waals surface area contributed by atoms with Gasteiger partial charge in [0.15, 0.2) is 0 Å². The Kier molecular flexibility index (Phi) is 9.80. The molecule has 2 N–H and O–H groups in total. The van der Waals surface area contributed by atoms with Gasteiger partial charge in [0.25, 0.3) is 0 Å². The number of ether oxygens (including phenoxy) is 1. The summed E-state index contributed by atoms with van der Waals surface area (Å²) >= 11 is 0. The molecule has 0 radical (unpaired) electrons. The molecule has 0 bridgehead atoms. The van der Waals surface area contributed by atoms with E-state index >= 15 is 0 Å². The van der Waals surface area contributed by atoms with Gasteiger partial charge in [0.1, 0.15) is 5.75 Å². The number of carbonyl (C=O) groups is 1. The molecule has 1 amide bonds. The summed E-state index contributed by atoms with van der Waals surface area (Å²) in [5, 5.41) is 6.43. The van der Waals surface area contributed by atoms with Crippen LogP contribution in [0.2, 0.25) is 0 Å². The molecule has 1 unspecified atom stereocenters. The van der Waals surface area contributed by atoms with E-state index in [-0.39, 0.29) is 18.3 Å². The Balaban J connectivity index is 0.00000288. The first-order valence-electron chi connectivity index (χ1n) is 8.82. The van der Waals surface area contributed by atoms with Crippen LogP contribution in [0.5, 0.6) is 5.75 Å². The van der Waals surface area contributed by atoms with Crippen molar-refractivity contribution in [2.24, 2.45) is 5.92 Å². The largest absolute Gasteiger partial charge is 0.494 e. The van der Waals surface area contributed by atoms with E-state index in [2.05, 4.69) is 30.5 Å². The predicted octanol–water partition coefficient (Wildman–Crippen LogP) is 3.39. The molecule has 24 heavy (non-hydrogen) atoms. The van der Waals surface area contributed by atoms with Gasteiger partial charge >= 0.3 is 0 Å². The van der Waals surface area contributed by atoms with E-state index in [0.29, 0.717) is 13.0 Å². The Morgan fingerprint density at radius 3 is 2.88 bits per heavy atom. The van der Waals surface area contributed by atoms with Crippen LogP contribution in [0.1, 0.15) is 43.2 Å². The highest BCUT2D eigenvalue weighted by atomic mass is 35.5. The number of benzene rings is 1. The van der Waals surface area contributed by atoms with Crippen molar-refractivity contribution < 1.29 is 9.53 Å². The lowest BCUT2D eigenvalue weighted by Gasteiger charge is -2.22.